The standard InChI is InChI=1S/C27H27FIN3O/c28-20-9-12-22-19(16-20)8-13-23-26(22)30-24(14-17-4-2-1-3-5-17)27(31-23)32-25(33)15-18-6-10-21(29)11-7-18/h6-7,9-12,16-17H,1-5,8,13-15H2,(H,31,32,33). The van der Waals surface area contributed by atoms with E-state index >= 15 is 0 Å². The van der Waals surface area contributed by atoms with Gasteiger partial charge in [0.25, 0.3) is 0 Å². The van der Waals surface area contributed by atoms with Crippen LogP contribution in [0, 0.1) is 15.3 Å². The molecule has 1 heterocycles. The van der Waals surface area contributed by atoms with E-state index in [1.165, 1.54) is 38.2 Å². The van der Waals surface area contributed by atoms with Crippen molar-refractivity contribution in [2.24, 2.45) is 5.92 Å². The average molecular weight is 555 g/mol. The van der Waals surface area contributed by atoms with Crippen molar-refractivity contribution < 1.29 is 9.18 Å². The van der Waals surface area contributed by atoms with Crippen LogP contribution in [0.25, 0.3) is 11.3 Å². The molecule has 1 fully saturated rings. The lowest BCUT2D eigenvalue weighted by Crippen LogP contribution is -2.21. The average Bonchev–Trinajstić information content (AvgIpc) is 2.81. The lowest BCUT2D eigenvalue weighted by Gasteiger charge is -2.24. The predicted octanol–water partition coefficient (Wildman–Crippen LogP) is 6.29. The molecule has 1 saturated carbocycles. The van der Waals surface area contributed by atoms with E-state index in [-0.39, 0.29) is 11.7 Å². The van der Waals surface area contributed by atoms with Crippen LogP contribution in [-0.4, -0.2) is 15.9 Å². The Hall–Kier alpha value is -2.35. The van der Waals surface area contributed by atoms with E-state index in [4.69, 9.17) is 9.97 Å². The van der Waals surface area contributed by atoms with Crippen molar-refractivity contribution in [2.45, 2.75) is 57.8 Å². The summed E-state index contributed by atoms with van der Waals surface area (Å²) in [4.78, 5) is 22.8. The number of carbonyl (C=O) groups is 1. The Labute approximate surface area is 207 Å². The lowest BCUT2D eigenvalue weighted by molar-refractivity contribution is -0.115. The number of amides is 1. The van der Waals surface area contributed by atoms with E-state index in [0.29, 0.717) is 24.6 Å². The summed E-state index contributed by atoms with van der Waals surface area (Å²) in [6.45, 7) is 0. The highest BCUT2D eigenvalue weighted by Crippen LogP contribution is 2.35. The SMILES string of the molecule is O=C(Cc1ccc(I)cc1)Nc1nc2c(nc1CC1CCCCC1)-c1ccc(F)cc1CC2. The van der Waals surface area contributed by atoms with Crippen molar-refractivity contribution in [1.82, 2.24) is 9.97 Å². The minimum atomic E-state index is -0.216. The molecule has 0 spiro atoms. The molecule has 0 atom stereocenters. The van der Waals surface area contributed by atoms with E-state index in [9.17, 15) is 9.18 Å². The second kappa shape index (κ2) is 9.87. The topological polar surface area (TPSA) is 54.9 Å². The van der Waals surface area contributed by atoms with E-state index in [0.717, 1.165) is 50.2 Å². The molecule has 1 amide bonds. The molecule has 1 N–H and O–H groups in total. The minimum Gasteiger partial charge on any atom is -0.309 e. The number of benzene rings is 2. The third-order valence-corrected chi connectivity index (χ3v) is 7.46. The first-order valence-electron chi connectivity index (χ1n) is 11.8. The molecule has 0 radical (unpaired) electrons. The zero-order chi connectivity index (χ0) is 22.8. The molecule has 0 saturated heterocycles. The lowest BCUT2D eigenvalue weighted by atomic mass is 9.85. The van der Waals surface area contributed by atoms with Crippen LogP contribution in [0.15, 0.2) is 42.5 Å². The fourth-order valence-electron chi connectivity index (χ4n) is 5.02. The van der Waals surface area contributed by atoms with Crippen LogP contribution in [0.1, 0.15) is 54.6 Å². The Bertz CT molecular complexity index is 1170. The minimum absolute atomic E-state index is 0.0753. The first-order chi connectivity index (χ1) is 16.0. The van der Waals surface area contributed by atoms with Gasteiger partial charge in [0.15, 0.2) is 5.82 Å². The molecule has 2 aromatic carbocycles. The monoisotopic (exact) mass is 555 g/mol. The molecule has 0 aliphatic heterocycles. The molecule has 0 bridgehead atoms. The van der Waals surface area contributed by atoms with Crippen molar-refractivity contribution in [3.05, 3.63) is 74.4 Å². The van der Waals surface area contributed by atoms with Crippen LogP contribution in [0.4, 0.5) is 10.2 Å². The Balaban J connectivity index is 1.46. The van der Waals surface area contributed by atoms with Gasteiger partial charge in [-0.15, -0.1) is 0 Å². The van der Waals surface area contributed by atoms with Gasteiger partial charge in [-0.3, -0.25) is 4.79 Å². The van der Waals surface area contributed by atoms with Gasteiger partial charge in [-0.25, -0.2) is 14.4 Å². The molecule has 0 unspecified atom stereocenters. The van der Waals surface area contributed by atoms with Crippen LogP contribution in [0.2, 0.25) is 0 Å². The fraction of sp³-hybridized carbons (Fsp3) is 0.370. The van der Waals surface area contributed by atoms with Crippen LogP contribution in [-0.2, 0) is 30.5 Å². The Morgan fingerprint density at radius 2 is 1.82 bits per heavy atom. The predicted molar refractivity (Wildman–Crippen MR) is 137 cm³/mol. The summed E-state index contributed by atoms with van der Waals surface area (Å²) in [5.74, 6) is 0.871. The van der Waals surface area contributed by atoms with Gasteiger partial charge < -0.3 is 5.32 Å². The highest BCUT2D eigenvalue weighted by Gasteiger charge is 2.25. The molecule has 2 aliphatic rings. The maximum absolute atomic E-state index is 13.8. The molecular weight excluding hydrogens is 528 g/mol. The molecule has 170 valence electrons. The number of rotatable bonds is 5. The number of carbonyl (C=O) groups excluding carboxylic acids is 1. The molecule has 1 aromatic heterocycles. The summed E-state index contributed by atoms with van der Waals surface area (Å²) in [6.07, 6.45) is 8.73. The highest BCUT2D eigenvalue weighted by atomic mass is 127. The van der Waals surface area contributed by atoms with Crippen LogP contribution in [0.5, 0.6) is 0 Å². The summed E-state index contributed by atoms with van der Waals surface area (Å²) >= 11 is 2.26. The van der Waals surface area contributed by atoms with Crippen molar-refractivity contribution in [2.75, 3.05) is 5.32 Å². The number of aromatic nitrogens is 2. The second-order valence-electron chi connectivity index (χ2n) is 9.18. The number of nitrogens with zero attached hydrogens (tertiary/aromatic N) is 2. The maximum atomic E-state index is 13.8. The van der Waals surface area contributed by atoms with Gasteiger partial charge in [-0.05, 0) is 89.2 Å². The largest absolute Gasteiger partial charge is 0.309 e. The van der Waals surface area contributed by atoms with Crippen LogP contribution < -0.4 is 5.32 Å². The molecule has 33 heavy (non-hydrogen) atoms. The quantitative estimate of drug-likeness (QED) is 0.377. The number of fused-ring (bicyclic) bond motifs is 3. The summed E-state index contributed by atoms with van der Waals surface area (Å²) in [5, 5.41) is 3.07. The van der Waals surface area contributed by atoms with Gasteiger partial charge in [0.2, 0.25) is 5.91 Å². The Morgan fingerprint density at radius 3 is 2.61 bits per heavy atom. The van der Waals surface area contributed by atoms with Crippen molar-refractivity contribution in [1.29, 1.82) is 0 Å². The van der Waals surface area contributed by atoms with Gasteiger partial charge in [-0.2, -0.15) is 0 Å². The van der Waals surface area contributed by atoms with Crippen molar-refractivity contribution >= 4 is 34.3 Å². The number of halogens is 2. The zero-order valence-electron chi connectivity index (χ0n) is 18.5. The van der Waals surface area contributed by atoms with Gasteiger partial charge in [0.1, 0.15) is 5.82 Å². The zero-order valence-corrected chi connectivity index (χ0v) is 20.7. The Kier molecular flexibility index (Phi) is 6.71. The molecule has 3 aromatic rings. The van der Waals surface area contributed by atoms with Crippen molar-refractivity contribution in [3.8, 4) is 11.3 Å². The number of aryl methyl sites for hydroxylation is 2. The molecule has 5 rings (SSSR count). The summed E-state index contributed by atoms with van der Waals surface area (Å²) in [5.41, 5.74) is 5.50. The normalized spacial score (nSPS) is 15.6. The van der Waals surface area contributed by atoms with E-state index in [1.54, 1.807) is 6.07 Å². The van der Waals surface area contributed by atoms with Gasteiger partial charge in [0, 0.05) is 9.13 Å². The number of nitrogens with one attached hydrogen (secondary N) is 1. The first kappa shape index (κ1) is 22.4. The smallest absolute Gasteiger partial charge is 0.229 e. The molecule has 6 heteroatoms. The second-order valence-corrected chi connectivity index (χ2v) is 10.4. The summed E-state index contributed by atoms with van der Waals surface area (Å²) in [6, 6.07) is 12.9. The summed E-state index contributed by atoms with van der Waals surface area (Å²) < 4.78 is 14.9. The third-order valence-electron chi connectivity index (χ3n) is 6.74. The van der Waals surface area contributed by atoms with Crippen molar-refractivity contribution in [3.63, 3.8) is 0 Å². The highest BCUT2D eigenvalue weighted by molar-refractivity contribution is 14.1. The molecule has 2 aliphatic carbocycles. The first-order valence-corrected chi connectivity index (χ1v) is 12.9. The van der Waals surface area contributed by atoms with E-state index in [2.05, 4.69) is 27.9 Å². The number of anilines is 1. The van der Waals surface area contributed by atoms with Crippen LogP contribution in [0.3, 0.4) is 0 Å². The number of hydrogen-bond acceptors (Lipinski definition) is 3. The Morgan fingerprint density at radius 1 is 1.03 bits per heavy atom. The number of hydrogen-bond donors (Lipinski definition) is 1. The van der Waals surface area contributed by atoms with E-state index in [1.807, 2.05) is 30.3 Å². The maximum Gasteiger partial charge on any atom is 0.229 e. The summed E-state index contributed by atoms with van der Waals surface area (Å²) in [7, 11) is 0. The molecule has 4 nitrogen and oxygen atoms in total. The third kappa shape index (κ3) is 5.26. The van der Waals surface area contributed by atoms with Gasteiger partial charge in [0.05, 0.1) is 23.5 Å². The molecular formula is C27H27FIN3O. The van der Waals surface area contributed by atoms with Gasteiger partial charge >= 0.3 is 0 Å². The van der Waals surface area contributed by atoms with E-state index < -0.39 is 0 Å². The van der Waals surface area contributed by atoms with Crippen LogP contribution >= 0.6 is 22.6 Å². The fourth-order valence-corrected chi connectivity index (χ4v) is 5.38. The van der Waals surface area contributed by atoms with Gasteiger partial charge in [-0.1, -0.05) is 44.2 Å².